The molecule has 2 rings (SSSR count). The highest BCUT2D eigenvalue weighted by molar-refractivity contribution is 5.76. The summed E-state index contributed by atoms with van der Waals surface area (Å²) in [5, 5.41) is 0. The zero-order chi connectivity index (χ0) is 14.2. The molecule has 0 aromatic carbocycles. The minimum Gasteiger partial charge on any atom is -0.492 e. The molecule has 1 amide bonds. The van der Waals surface area contributed by atoms with Gasteiger partial charge in [0.1, 0.15) is 5.75 Å². The van der Waals surface area contributed by atoms with E-state index in [9.17, 15) is 4.79 Å². The van der Waals surface area contributed by atoms with Crippen LogP contribution in [0.3, 0.4) is 0 Å². The first-order valence-electron chi connectivity index (χ1n) is 7.56. The average molecular weight is 276 g/mol. The van der Waals surface area contributed by atoms with Crippen molar-refractivity contribution in [3.05, 3.63) is 24.5 Å². The van der Waals surface area contributed by atoms with E-state index < -0.39 is 0 Å². The van der Waals surface area contributed by atoms with Crippen LogP contribution in [-0.2, 0) is 4.79 Å². The van der Waals surface area contributed by atoms with Crippen molar-refractivity contribution in [3.8, 4) is 5.75 Å². The summed E-state index contributed by atoms with van der Waals surface area (Å²) in [5.74, 6) is 1.01. The lowest BCUT2D eigenvalue weighted by Crippen LogP contribution is -2.38. The fraction of sp³-hybridized carbons (Fsp3) is 0.625. The van der Waals surface area contributed by atoms with E-state index in [1.807, 2.05) is 24.1 Å². The maximum Gasteiger partial charge on any atom is 0.222 e. The van der Waals surface area contributed by atoms with Crippen molar-refractivity contribution < 1.29 is 9.53 Å². The van der Waals surface area contributed by atoms with Crippen molar-refractivity contribution in [1.82, 2.24) is 9.88 Å². The van der Waals surface area contributed by atoms with Gasteiger partial charge in [0.25, 0.3) is 0 Å². The van der Waals surface area contributed by atoms with E-state index in [4.69, 9.17) is 4.74 Å². The van der Waals surface area contributed by atoms with Crippen LogP contribution < -0.4 is 4.74 Å². The van der Waals surface area contributed by atoms with Gasteiger partial charge in [-0.1, -0.05) is 19.3 Å². The Hall–Kier alpha value is -1.58. The normalized spacial score (nSPS) is 15.8. The van der Waals surface area contributed by atoms with Crippen LogP contribution in [0.2, 0.25) is 0 Å². The van der Waals surface area contributed by atoms with Gasteiger partial charge in [0.05, 0.1) is 12.8 Å². The number of hydrogen-bond donors (Lipinski definition) is 0. The van der Waals surface area contributed by atoms with E-state index in [0.29, 0.717) is 19.1 Å². The van der Waals surface area contributed by atoms with Crippen molar-refractivity contribution in [2.75, 3.05) is 13.7 Å². The first-order valence-corrected chi connectivity index (χ1v) is 7.56. The molecule has 1 aromatic heterocycles. The second-order valence-electron chi connectivity index (χ2n) is 5.44. The zero-order valence-corrected chi connectivity index (χ0v) is 12.3. The molecule has 1 aliphatic carbocycles. The number of hydrogen-bond acceptors (Lipinski definition) is 3. The molecule has 0 unspecified atom stereocenters. The second-order valence-corrected chi connectivity index (χ2v) is 5.44. The number of nitrogens with zero attached hydrogens (tertiary/aromatic N) is 2. The van der Waals surface area contributed by atoms with E-state index in [1.54, 1.807) is 12.4 Å². The average Bonchev–Trinajstić information content (AvgIpc) is 2.52. The molecule has 1 aliphatic rings. The van der Waals surface area contributed by atoms with Crippen LogP contribution in [0.5, 0.6) is 5.75 Å². The van der Waals surface area contributed by atoms with Crippen LogP contribution in [0.4, 0.5) is 0 Å². The Morgan fingerprint density at radius 3 is 2.90 bits per heavy atom. The predicted molar refractivity (Wildman–Crippen MR) is 78.6 cm³/mol. The topological polar surface area (TPSA) is 42.4 Å². The van der Waals surface area contributed by atoms with Gasteiger partial charge in [-0.15, -0.1) is 0 Å². The van der Waals surface area contributed by atoms with Crippen molar-refractivity contribution in [1.29, 1.82) is 0 Å². The fourth-order valence-corrected chi connectivity index (χ4v) is 2.69. The Balaban J connectivity index is 1.64. The molecule has 4 heteroatoms. The monoisotopic (exact) mass is 276 g/mol. The highest BCUT2D eigenvalue weighted by Crippen LogP contribution is 2.22. The van der Waals surface area contributed by atoms with Gasteiger partial charge in [-0.25, -0.2) is 0 Å². The molecule has 1 fully saturated rings. The van der Waals surface area contributed by atoms with E-state index in [0.717, 1.165) is 25.0 Å². The van der Waals surface area contributed by atoms with Crippen molar-refractivity contribution in [3.63, 3.8) is 0 Å². The first-order chi connectivity index (χ1) is 9.77. The van der Waals surface area contributed by atoms with Gasteiger partial charge in [-0.3, -0.25) is 9.78 Å². The lowest BCUT2D eigenvalue weighted by molar-refractivity contribution is -0.132. The third kappa shape index (κ3) is 4.51. The minimum absolute atomic E-state index is 0.242. The summed E-state index contributed by atoms with van der Waals surface area (Å²) >= 11 is 0. The van der Waals surface area contributed by atoms with Crippen LogP contribution in [0.1, 0.15) is 44.9 Å². The number of amides is 1. The summed E-state index contributed by atoms with van der Waals surface area (Å²) in [6.45, 7) is 0.565. The van der Waals surface area contributed by atoms with E-state index in [-0.39, 0.29) is 5.91 Å². The van der Waals surface area contributed by atoms with Crippen LogP contribution >= 0.6 is 0 Å². The number of carbonyl (C=O) groups excluding carboxylic acids is 1. The van der Waals surface area contributed by atoms with Crippen LogP contribution in [0.25, 0.3) is 0 Å². The van der Waals surface area contributed by atoms with E-state index in [2.05, 4.69) is 4.98 Å². The van der Waals surface area contributed by atoms with Gasteiger partial charge in [0.15, 0.2) is 0 Å². The van der Waals surface area contributed by atoms with Gasteiger partial charge >= 0.3 is 0 Å². The van der Waals surface area contributed by atoms with Crippen LogP contribution in [0, 0.1) is 0 Å². The number of aromatic nitrogens is 1. The Labute approximate surface area is 121 Å². The Morgan fingerprint density at radius 2 is 2.20 bits per heavy atom. The Morgan fingerprint density at radius 1 is 1.40 bits per heavy atom. The second kappa shape index (κ2) is 7.88. The lowest BCUT2D eigenvalue weighted by Gasteiger charge is -2.31. The van der Waals surface area contributed by atoms with Gasteiger partial charge in [-0.05, 0) is 31.4 Å². The largest absolute Gasteiger partial charge is 0.492 e. The molecule has 110 valence electrons. The predicted octanol–water partition coefficient (Wildman–Crippen LogP) is 3.03. The maximum absolute atomic E-state index is 12.1. The molecule has 1 saturated carbocycles. The molecule has 1 aromatic rings. The number of pyridine rings is 1. The molecule has 4 nitrogen and oxygen atoms in total. The summed E-state index contributed by atoms with van der Waals surface area (Å²) < 4.78 is 5.55. The lowest BCUT2D eigenvalue weighted by atomic mass is 9.94. The summed E-state index contributed by atoms with van der Waals surface area (Å²) in [5.41, 5.74) is 0. The molecular formula is C16H24N2O2. The highest BCUT2D eigenvalue weighted by atomic mass is 16.5. The standard InChI is InChI=1S/C16H24N2O2/c1-18(14-7-3-2-4-8-14)16(19)10-6-12-20-15-9-5-11-17-13-15/h5,9,11,13-14H,2-4,6-8,10,12H2,1H3. The number of ether oxygens (including phenoxy) is 1. The van der Waals surface area contributed by atoms with Gasteiger partial charge in [-0.2, -0.15) is 0 Å². The summed E-state index contributed by atoms with van der Waals surface area (Å²) in [6.07, 6.45) is 10.9. The van der Waals surface area contributed by atoms with Crippen molar-refractivity contribution in [2.45, 2.75) is 51.0 Å². The Bertz CT molecular complexity index is 402. The molecule has 0 atom stereocenters. The number of rotatable bonds is 6. The van der Waals surface area contributed by atoms with Crippen molar-refractivity contribution in [2.24, 2.45) is 0 Å². The van der Waals surface area contributed by atoms with Gasteiger partial charge < -0.3 is 9.64 Å². The van der Waals surface area contributed by atoms with Crippen molar-refractivity contribution >= 4 is 5.91 Å². The molecule has 0 radical (unpaired) electrons. The van der Waals surface area contributed by atoms with E-state index >= 15 is 0 Å². The fourth-order valence-electron chi connectivity index (χ4n) is 2.69. The van der Waals surface area contributed by atoms with Crippen LogP contribution in [-0.4, -0.2) is 35.5 Å². The minimum atomic E-state index is 0.242. The van der Waals surface area contributed by atoms with E-state index in [1.165, 1.54) is 19.3 Å². The first kappa shape index (κ1) is 14.8. The van der Waals surface area contributed by atoms with Gasteiger partial charge in [0, 0.05) is 25.7 Å². The molecular weight excluding hydrogens is 252 g/mol. The number of carbonyl (C=O) groups is 1. The smallest absolute Gasteiger partial charge is 0.222 e. The molecule has 0 spiro atoms. The molecule has 1 heterocycles. The molecule has 0 saturated heterocycles. The molecule has 0 aliphatic heterocycles. The summed E-state index contributed by atoms with van der Waals surface area (Å²) in [4.78, 5) is 18.0. The quantitative estimate of drug-likeness (QED) is 0.750. The summed E-state index contributed by atoms with van der Waals surface area (Å²) in [6, 6.07) is 4.18. The third-order valence-electron chi connectivity index (χ3n) is 3.95. The zero-order valence-electron chi connectivity index (χ0n) is 12.3. The highest BCUT2D eigenvalue weighted by Gasteiger charge is 2.21. The third-order valence-corrected chi connectivity index (χ3v) is 3.95. The SMILES string of the molecule is CN(C(=O)CCCOc1cccnc1)C1CCCCC1. The maximum atomic E-state index is 12.1. The molecule has 0 N–H and O–H groups in total. The summed E-state index contributed by atoms with van der Waals surface area (Å²) in [7, 11) is 1.94. The molecule has 0 bridgehead atoms. The Kier molecular flexibility index (Phi) is 5.84. The van der Waals surface area contributed by atoms with Crippen LogP contribution in [0.15, 0.2) is 24.5 Å². The van der Waals surface area contributed by atoms with Gasteiger partial charge in [0.2, 0.25) is 5.91 Å². The molecule has 20 heavy (non-hydrogen) atoms.